The van der Waals surface area contributed by atoms with Gasteiger partial charge >= 0.3 is 0 Å². The van der Waals surface area contributed by atoms with E-state index in [4.69, 9.17) is 4.99 Å². The first-order valence-electron chi connectivity index (χ1n) is 9.63. The van der Waals surface area contributed by atoms with E-state index in [0.29, 0.717) is 6.04 Å². The van der Waals surface area contributed by atoms with Gasteiger partial charge in [0.15, 0.2) is 5.96 Å². The van der Waals surface area contributed by atoms with Gasteiger partial charge in [0, 0.05) is 24.8 Å². The highest BCUT2D eigenvalue weighted by Gasteiger charge is 2.23. The van der Waals surface area contributed by atoms with Gasteiger partial charge in [0.25, 0.3) is 0 Å². The zero-order valence-electron chi connectivity index (χ0n) is 15.9. The molecule has 5 heteroatoms. The highest BCUT2D eigenvalue weighted by molar-refractivity contribution is 5.80. The van der Waals surface area contributed by atoms with Gasteiger partial charge in [0.2, 0.25) is 0 Å². The predicted octanol–water partition coefficient (Wildman–Crippen LogP) is 3.42. The van der Waals surface area contributed by atoms with Gasteiger partial charge in [-0.3, -0.25) is 10.1 Å². The number of rotatable bonds is 7. The molecule has 0 atom stereocenters. The standard InChI is InChI=1S/C19H35N5/c1-5-20-19(21-12-6-7-17-13-22-24-15(17)4)23-18-10-8-16(9-11-18)14(2)3/h13-14,16,18H,5-12H2,1-4H3,(H,22,24)(H2,20,21,23). The smallest absolute Gasteiger partial charge is 0.191 e. The van der Waals surface area contributed by atoms with Crippen LogP contribution in [0.15, 0.2) is 11.2 Å². The monoisotopic (exact) mass is 333 g/mol. The van der Waals surface area contributed by atoms with Crippen molar-refractivity contribution >= 4 is 5.96 Å². The van der Waals surface area contributed by atoms with Crippen LogP contribution >= 0.6 is 0 Å². The molecule has 1 aromatic heterocycles. The molecule has 0 spiro atoms. The second-order valence-electron chi connectivity index (χ2n) is 7.38. The van der Waals surface area contributed by atoms with E-state index in [1.165, 1.54) is 36.9 Å². The molecule has 3 N–H and O–H groups in total. The van der Waals surface area contributed by atoms with E-state index in [2.05, 4.69) is 48.5 Å². The van der Waals surface area contributed by atoms with Gasteiger partial charge in [-0.25, -0.2) is 0 Å². The minimum absolute atomic E-state index is 0.578. The lowest BCUT2D eigenvalue weighted by Gasteiger charge is -2.32. The topological polar surface area (TPSA) is 65.1 Å². The third kappa shape index (κ3) is 5.84. The fraction of sp³-hybridized carbons (Fsp3) is 0.789. The first kappa shape index (κ1) is 18.8. The molecule has 1 fully saturated rings. The maximum absolute atomic E-state index is 4.75. The van der Waals surface area contributed by atoms with Gasteiger partial charge in [-0.15, -0.1) is 0 Å². The third-order valence-electron chi connectivity index (χ3n) is 5.21. The minimum Gasteiger partial charge on any atom is -0.357 e. The molecule has 1 heterocycles. The molecule has 0 saturated heterocycles. The summed E-state index contributed by atoms with van der Waals surface area (Å²) in [4.78, 5) is 4.75. The van der Waals surface area contributed by atoms with Gasteiger partial charge in [-0.1, -0.05) is 13.8 Å². The Morgan fingerprint density at radius 1 is 1.33 bits per heavy atom. The van der Waals surface area contributed by atoms with Crippen molar-refractivity contribution in [3.63, 3.8) is 0 Å². The van der Waals surface area contributed by atoms with E-state index in [1.807, 2.05) is 6.20 Å². The van der Waals surface area contributed by atoms with Crippen LogP contribution in [0.1, 0.15) is 64.1 Å². The third-order valence-corrected chi connectivity index (χ3v) is 5.21. The Kier molecular flexibility index (Phi) is 7.60. The Balaban J connectivity index is 1.75. The predicted molar refractivity (Wildman–Crippen MR) is 101 cm³/mol. The zero-order valence-corrected chi connectivity index (χ0v) is 15.9. The van der Waals surface area contributed by atoms with Crippen LogP contribution in [0.4, 0.5) is 0 Å². The summed E-state index contributed by atoms with van der Waals surface area (Å²) < 4.78 is 0. The van der Waals surface area contributed by atoms with Crippen LogP contribution in [0, 0.1) is 18.8 Å². The van der Waals surface area contributed by atoms with Crippen molar-refractivity contribution in [1.82, 2.24) is 20.8 Å². The molecular weight excluding hydrogens is 298 g/mol. The molecule has 1 aliphatic rings. The molecule has 1 saturated carbocycles. The first-order chi connectivity index (χ1) is 11.6. The molecular formula is C19H35N5. The Bertz CT molecular complexity index is 498. The molecule has 5 nitrogen and oxygen atoms in total. The largest absolute Gasteiger partial charge is 0.357 e. The number of guanidine groups is 1. The summed E-state index contributed by atoms with van der Waals surface area (Å²) in [6, 6.07) is 0.578. The van der Waals surface area contributed by atoms with Crippen molar-refractivity contribution in [3.8, 4) is 0 Å². The quantitative estimate of drug-likeness (QED) is 0.407. The molecule has 1 aromatic rings. The molecule has 24 heavy (non-hydrogen) atoms. The van der Waals surface area contributed by atoms with E-state index < -0.39 is 0 Å². The summed E-state index contributed by atoms with van der Waals surface area (Å²) in [6.07, 6.45) is 9.23. The summed E-state index contributed by atoms with van der Waals surface area (Å²) in [5.41, 5.74) is 2.47. The maximum atomic E-state index is 4.75. The average molecular weight is 334 g/mol. The van der Waals surface area contributed by atoms with Crippen LogP contribution in [0.5, 0.6) is 0 Å². The summed E-state index contributed by atoms with van der Waals surface area (Å²) >= 11 is 0. The second-order valence-corrected chi connectivity index (χ2v) is 7.38. The number of nitrogens with one attached hydrogen (secondary N) is 3. The van der Waals surface area contributed by atoms with Crippen molar-refractivity contribution < 1.29 is 0 Å². The van der Waals surface area contributed by atoms with Crippen molar-refractivity contribution in [2.24, 2.45) is 16.8 Å². The molecule has 0 aromatic carbocycles. The van der Waals surface area contributed by atoms with Gasteiger partial charge in [0.05, 0.1) is 6.20 Å². The van der Waals surface area contributed by atoms with Crippen LogP contribution in [-0.4, -0.2) is 35.3 Å². The lowest BCUT2D eigenvalue weighted by atomic mass is 9.80. The van der Waals surface area contributed by atoms with Gasteiger partial charge in [-0.05, 0) is 69.8 Å². The maximum Gasteiger partial charge on any atom is 0.191 e. The van der Waals surface area contributed by atoms with Crippen LogP contribution in [-0.2, 0) is 6.42 Å². The fourth-order valence-corrected chi connectivity index (χ4v) is 3.53. The lowest BCUT2D eigenvalue weighted by molar-refractivity contribution is 0.250. The Hall–Kier alpha value is -1.52. The highest BCUT2D eigenvalue weighted by atomic mass is 15.2. The lowest BCUT2D eigenvalue weighted by Crippen LogP contribution is -2.45. The summed E-state index contributed by atoms with van der Waals surface area (Å²) in [5, 5.41) is 14.1. The van der Waals surface area contributed by atoms with E-state index in [9.17, 15) is 0 Å². The molecule has 0 radical (unpaired) electrons. The van der Waals surface area contributed by atoms with Crippen molar-refractivity contribution in [2.45, 2.75) is 72.3 Å². The normalized spacial score (nSPS) is 22.0. The van der Waals surface area contributed by atoms with E-state index in [0.717, 1.165) is 43.7 Å². The number of aromatic nitrogens is 2. The zero-order chi connectivity index (χ0) is 17.4. The van der Waals surface area contributed by atoms with Crippen molar-refractivity contribution in [2.75, 3.05) is 13.1 Å². The number of aromatic amines is 1. The number of H-pyrrole nitrogens is 1. The number of aryl methyl sites for hydroxylation is 2. The van der Waals surface area contributed by atoms with Gasteiger partial charge in [-0.2, -0.15) is 5.10 Å². The first-order valence-corrected chi connectivity index (χ1v) is 9.63. The van der Waals surface area contributed by atoms with Gasteiger partial charge < -0.3 is 10.6 Å². The minimum atomic E-state index is 0.578. The Morgan fingerprint density at radius 2 is 2.08 bits per heavy atom. The number of aliphatic imine (C=N–C) groups is 1. The van der Waals surface area contributed by atoms with Gasteiger partial charge in [0.1, 0.15) is 0 Å². The van der Waals surface area contributed by atoms with Crippen molar-refractivity contribution in [3.05, 3.63) is 17.5 Å². The molecule has 0 bridgehead atoms. The SMILES string of the molecule is CCNC(=NCCCc1cn[nH]c1C)NC1CCC(C(C)C)CC1. The molecule has 0 unspecified atom stereocenters. The van der Waals surface area contributed by atoms with Crippen LogP contribution in [0.3, 0.4) is 0 Å². The molecule has 136 valence electrons. The molecule has 2 rings (SSSR count). The number of hydrogen-bond acceptors (Lipinski definition) is 2. The molecule has 1 aliphatic carbocycles. The Labute approximate surface area is 147 Å². The summed E-state index contributed by atoms with van der Waals surface area (Å²) in [5.74, 6) is 2.70. The fourth-order valence-electron chi connectivity index (χ4n) is 3.53. The van der Waals surface area contributed by atoms with E-state index in [-0.39, 0.29) is 0 Å². The van der Waals surface area contributed by atoms with Crippen molar-refractivity contribution in [1.29, 1.82) is 0 Å². The van der Waals surface area contributed by atoms with E-state index in [1.54, 1.807) is 0 Å². The number of nitrogens with zero attached hydrogens (tertiary/aromatic N) is 2. The number of hydrogen-bond donors (Lipinski definition) is 3. The van der Waals surface area contributed by atoms with Crippen LogP contribution in [0.2, 0.25) is 0 Å². The van der Waals surface area contributed by atoms with Crippen LogP contribution < -0.4 is 10.6 Å². The van der Waals surface area contributed by atoms with E-state index >= 15 is 0 Å². The summed E-state index contributed by atoms with van der Waals surface area (Å²) in [6.45, 7) is 10.7. The molecule has 0 amide bonds. The highest BCUT2D eigenvalue weighted by Crippen LogP contribution is 2.29. The second kappa shape index (κ2) is 9.70. The van der Waals surface area contributed by atoms with Crippen LogP contribution in [0.25, 0.3) is 0 Å². The Morgan fingerprint density at radius 3 is 2.67 bits per heavy atom. The molecule has 0 aliphatic heterocycles. The average Bonchev–Trinajstić information content (AvgIpc) is 2.97. The summed E-state index contributed by atoms with van der Waals surface area (Å²) in [7, 11) is 0.